The normalized spacial score (nSPS) is 10.5. The molecular formula is C14H15ClFN3. The first kappa shape index (κ1) is 13.7. The second kappa shape index (κ2) is 6.48. The third-order valence-corrected chi connectivity index (χ3v) is 2.81. The van der Waals surface area contributed by atoms with Crippen LogP contribution in [0.3, 0.4) is 0 Å². The van der Waals surface area contributed by atoms with Gasteiger partial charge >= 0.3 is 0 Å². The van der Waals surface area contributed by atoms with Crippen LogP contribution in [0.2, 0.25) is 5.28 Å². The first-order chi connectivity index (χ1) is 9.17. The summed E-state index contributed by atoms with van der Waals surface area (Å²) in [5.41, 5.74) is 1.90. The molecule has 0 spiro atoms. The monoisotopic (exact) mass is 279 g/mol. The Bertz CT molecular complexity index is 543. The number of nitrogens with one attached hydrogen (secondary N) is 1. The number of aryl methyl sites for hydroxylation is 1. The van der Waals surface area contributed by atoms with E-state index in [1.54, 1.807) is 12.1 Å². The van der Waals surface area contributed by atoms with Crippen LogP contribution < -0.4 is 5.32 Å². The van der Waals surface area contributed by atoms with E-state index >= 15 is 0 Å². The van der Waals surface area contributed by atoms with Crippen molar-refractivity contribution in [1.82, 2.24) is 9.97 Å². The molecule has 19 heavy (non-hydrogen) atoms. The van der Waals surface area contributed by atoms with Gasteiger partial charge in [-0.3, -0.25) is 0 Å². The second-order valence-electron chi connectivity index (χ2n) is 4.24. The van der Waals surface area contributed by atoms with E-state index in [1.165, 1.54) is 12.1 Å². The molecule has 0 aliphatic rings. The number of rotatable bonds is 5. The lowest BCUT2D eigenvalue weighted by molar-refractivity contribution is 0.627. The third-order valence-electron chi connectivity index (χ3n) is 2.64. The van der Waals surface area contributed by atoms with Gasteiger partial charge in [-0.1, -0.05) is 25.5 Å². The van der Waals surface area contributed by atoms with Crippen LogP contribution >= 0.6 is 11.6 Å². The second-order valence-corrected chi connectivity index (χ2v) is 4.58. The van der Waals surface area contributed by atoms with Crippen molar-refractivity contribution in [2.45, 2.75) is 26.3 Å². The largest absolute Gasteiger partial charge is 0.366 e. The maximum absolute atomic E-state index is 12.8. The van der Waals surface area contributed by atoms with Crippen molar-refractivity contribution in [3.8, 4) is 0 Å². The van der Waals surface area contributed by atoms with Gasteiger partial charge in [0.15, 0.2) is 0 Å². The Morgan fingerprint density at radius 3 is 2.63 bits per heavy atom. The van der Waals surface area contributed by atoms with Crippen LogP contribution in [0, 0.1) is 5.82 Å². The Balaban J connectivity index is 2.04. The molecule has 0 radical (unpaired) electrons. The van der Waals surface area contributed by atoms with E-state index in [1.807, 2.05) is 6.07 Å². The van der Waals surface area contributed by atoms with Gasteiger partial charge in [0, 0.05) is 18.3 Å². The highest BCUT2D eigenvalue weighted by Gasteiger charge is 2.02. The molecule has 2 aromatic rings. The third kappa shape index (κ3) is 4.17. The Morgan fingerprint density at radius 1 is 1.21 bits per heavy atom. The Labute approximate surface area is 116 Å². The lowest BCUT2D eigenvalue weighted by Crippen LogP contribution is -2.04. The first-order valence-electron chi connectivity index (χ1n) is 6.19. The number of benzene rings is 1. The van der Waals surface area contributed by atoms with E-state index in [4.69, 9.17) is 11.6 Å². The van der Waals surface area contributed by atoms with Crippen molar-refractivity contribution >= 4 is 17.4 Å². The molecule has 2 rings (SSSR count). The number of nitrogens with zero attached hydrogens (tertiary/aromatic N) is 2. The molecule has 0 bridgehead atoms. The van der Waals surface area contributed by atoms with Gasteiger partial charge < -0.3 is 5.32 Å². The molecular weight excluding hydrogens is 265 g/mol. The van der Waals surface area contributed by atoms with Crippen LogP contribution in [0.15, 0.2) is 30.3 Å². The van der Waals surface area contributed by atoms with Crippen molar-refractivity contribution in [3.63, 3.8) is 0 Å². The number of halogens is 2. The minimum atomic E-state index is -0.237. The Kier molecular flexibility index (Phi) is 4.68. The molecule has 3 nitrogen and oxygen atoms in total. The molecule has 0 unspecified atom stereocenters. The fourth-order valence-electron chi connectivity index (χ4n) is 1.73. The summed E-state index contributed by atoms with van der Waals surface area (Å²) in [5, 5.41) is 3.41. The maximum atomic E-state index is 12.8. The molecule has 0 aliphatic heterocycles. The fourth-order valence-corrected chi connectivity index (χ4v) is 1.93. The molecule has 1 aromatic heterocycles. The van der Waals surface area contributed by atoms with Gasteiger partial charge in [-0.2, -0.15) is 0 Å². The van der Waals surface area contributed by atoms with Crippen LogP contribution in [0.1, 0.15) is 24.6 Å². The van der Waals surface area contributed by atoms with Crippen molar-refractivity contribution in [2.24, 2.45) is 0 Å². The van der Waals surface area contributed by atoms with Gasteiger partial charge in [0.05, 0.1) is 0 Å². The van der Waals surface area contributed by atoms with Gasteiger partial charge in [0.2, 0.25) is 5.28 Å². The molecule has 0 fully saturated rings. The summed E-state index contributed by atoms with van der Waals surface area (Å²) in [4.78, 5) is 8.27. The predicted molar refractivity (Wildman–Crippen MR) is 74.8 cm³/mol. The van der Waals surface area contributed by atoms with Crippen molar-refractivity contribution < 1.29 is 4.39 Å². The quantitative estimate of drug-likeness (QED) is 0.845. The van der Waals surface area contributed by atoms with E-state index < -0.39 is 0 Å². The average molecular weight is 280 g/mol. The van der Waals surface area contributed by atoms with Gasteiger partial charge in [-0.25, -0.2) is 14.4 Å². The van der Waals surface area contributed by atoms with Gasteiger partial charge in [0.1, 0.15) is 11.6 Å². The highest BCUT2D eigenvalue weighted by molar-refractivity contribution is 6.28. The van der Waals surface area contributed by atoms with E-state index in [-0.39, 0.29) is 11.1 Å². The summed E-state index contributed by atoms with van der Waals surface area (Å²) in [6.45, 7) is 2.65. The van der Waals surface area contributed by atoms with Gasteiger partial charge in [0.25, 0.3) is 0 Å². The van der Waals surface area contributed by atoms with Crippen molar-refractivity contribution in [3.05, 3.63) is 52.7 Å². The van der Waals surface area contributed by atoms with E-state index in [0.717, 1.165) is 24.1 Å². The molecule has 1 N–H and O–H groups in total. The van der Waals surface area contributed by atoms with E-state index in [2.05, 4.69) is 22.2 Å². The highest BCUT2D eigenvalue weighted by atomic mass is 35.5. The molecule has 100 valence electrons. The molecule has 0 atom stereocenters. The summed E-state index contributed by atoms with van der Waals surface area (Å²) in [7, 11) is 0. The lowest BCUT2D eigenvalue weighted by Gasteiger charge is -2.07. The molecule has 0 saturated heterocycles. The predicted octanol–water partition coefficient (Wildman–Crippen LogP) is 3.83. The van der Waals surface area contributed by atoms with E-state index in [0.29, 0.717) is 12.4 Å². The molecule has 0 amide bonds. The first-order valence-corrected chi connectivity index (χ1v) is 6.57. The topological polar surface area (TPSA) is 37.8 Å². The molecule has 5 heteroatoms. The zero-order valence-electron chi connectivity index (χ0n) is 10.7. The van der Waals surface area contributed by atoms with Crippen LogP contribution in [0.4, 0.5) is 10.2 Å². The van der Waals surface area contributed by atoms with Gasteiger partial charge in [-0.15, -0.1) is 0 Å². The zero-order valence-corrected chi connectivity index (χ0v) is 11.4. The SMILES string of the molecule is CCCc1cc(NCc2ccc(F)cc2)nc(Cl)n1. The van der Waals surface area contributed by atoms with E-state index in [9.17, 15) is 4.39 Å². The fraction of sp³-hybridized carbons (Fsp3) is 0.286. The maximum Gasteiger partial charge on any atom is 0.224 e. The lowest BCUT2D eigenvalue weighted by atomic mass is 10.2. The summed E-state index contributed by atoms with van der Waals surface area (Å²) < 4.78 is 12.8. The summed E-state index contributed by atoms with van der Waals surface area (Å²) in [5.74, 6) is 0.451. The summed E-state index contributed by atoms with van der Waals surface area (Å²) in [6, 6.07) is 8.23. The van der Waals surface area contributed by atoms with Crippen molar-refractivity contribution in [2.75, 3.05) is 5.32 Å². The number of aromatic nitrogens is 2. The Hall–Kier alpha value is -1.68. The average Bonchev–Trinajstić information content (AvgIpc) is 2.38. The van der Waals surface area contributed by atoms with Crippen LogP contribution in [-0.2, 0) is 13.0 Å². The summed E-state index contributed by atoms with van der Waals surface area (Å²) >= 11 is 5.88. The molecule has 0 saturated carbocycles. The number of hydrogen-bond donors (Lipinski definition) is 1. The van der Waals surface area contributed by atoms with Crippen LogP contribution in [0.25, 0.3) is 0 Å². The standard InChI is InChI=1S/C14H15ClFN3/c1-2-3-12-8-13(19-14(15)18-12)17-9-10-4-6-11(16)7-5-10/h4-8H,2-3,9H2,1H3,(H,17,18,19). The highest BCUT2D eigenvalue weighted by Crippen LogP contribution is 2.13. The minimum Gasteiger partial charge on any atom is -0.366 e. The van der Waals surface area contributed by atoms with Crippen molar-refractivity contribution in [1.29, 1.82) is 0 Å². The minimum absolute atomic E-state index is 0.237. The Morgan fingerprint density at radius 2 is 1.95 bits per heavy atom. The van der Waals surface area contributed by atoms with Gasteiger partial charge in [-0.05, 0) is 35.7 Å². The number of anilines is 1. The zero-order chi connectivity index (χ0) is 13.7. The molecule has 1 heterocycles. The molecule has 1 aromatic carbocycles. The number of hydrogen-bond acceptors (Lipinski definition) is 3. The molecule has 0 aliphatic carbocycles. The summed E-state index contributed by atoms with van der Waals surface area (Å²) in [6.07, 6.45) is 1.87. The smallest absolute Gasteiger partial charge is 0.224 e. The van der Waals surface area contributed by atoms with Crippen LogP contribution in [0.5, 0.6) is 0 Å². The van der Waals surface area contributed by atoms with Crippen LogP contribution in [-0.4, -0.2) is 9.97 Å².